The molecule has 0 atom stereocenters. The molecule has 3 rings (SSSR count). The van der Waals surface area contributed by atoms with E-state index in [1.54, 1.807) is 18.5 Å². The molecular weight excluding hydrogens is 321 g/mol. The van der Waals surface area contributed by atoms with Gasteiger partial charge in [0.05, 0.1) is 11.4 Å². The molecule has 3 N–H and O–H groups in total. The molecule has 2 heterocycles. The molecule has 0 saturated carbocycles. The number of rotatable bonds is 5. The number of dihydropyridines is 1. The number of amidine groups is 1. The van der Waals surface area contributed by atoms with Crippen LogP contribution in [0, 0.1) is 11.2 Å². The standard InChI is InChI=1S/C18H14FN5O/c19-15-5-4-14(24-11-25)8-17(15)22-10-13-7-12(9-23-18(13)20)16-3-1-2-6-21-16/h1-11,20,22H,(H,24,25)/b13-10-,20-18?. The molecule has 7 heteroatoms. The van der Waals surface area contributed by atoms with Crippen LogP contribution in [-0.4, -0.2) is 23.4 Å². The molecule has 0 saturated heterocycles. The van der Waals surface area contributed by atoms with Crippen LogP contribution in [0.15, 0.2) is 65.4 Å². The lowest BCUT2D eigenvalue weighted by atomic mass is 10.1. The van der Waals surface area contributed by atoms with Gasteiger partial charge >= 0.3 is 0 Å². The summed E-state index contributed by atoms with van der Waals surface area (Å²) in [6.07, 6.45) is 6.99. The average Bonchev–Trinajstić information content (AvgIpc) is 2.64. The second-order valence-corrected chi connectivity index (χ2v) is 5.12. The highest BCUT2D eigenvalue weighted by atomic mass is 19.1. The number of hydrogen-bond acceptors (Lipinski definition) is 4. The van der Waals surface area contributed by atoms with Crippen molar-refractivity contribution in [3.05, 3.63) is 72.0 Å². The molecule has 1 aliphatic rings. The maximum Gasteiger partial charge on any atom is 0.211 e. The van der Waals surface area contributed by atoms with Crippen molar-refractivity contribution in [2.24, 2.45) is 4.99 Å². The van der Waals surface area contributed by atoms with Crippen molar-refractivity contribution in [1.82, 2.24) is 4.98 Å². The molecule has 0 bridgehead atoms. The van der Waals surface area contributed by atoms with E-state index in [1.165, 1.54) is 24.4 Å². The molecule has 0 unspecified atom stereocenters. The molecule has 0 aliphatic carbocycles. The van der Waals surface area contributed by atoms with Crippen LogP contribution in [-0.2, 0) is 4.79 Å². The minimum absolute atomic E-state index is 0.0507. The van der Waals surface area contributed by atoms with Crippen molar-refractivity contribution in [1.29, 1.82) is 5.41 Å². The van der Waals surface area contributed by atoms with Gasteiger partial charge in [-0.3, -0.25) is 15.2 Å². The first-order valence-corrected chi connectivity index (χ1v) is 7.40. The molecule has 6 nitrogen and oxygen atoms in total. The van der Waals surface area contributed by atoms with E-state index in [0.717, 1.165) is 11.3 Å². The third-order valence-electron chi connectivity index (χ3n) is 3.45. The van der Waals surface area contributed by atoms with Crippen LogP contribution in [0.1, 0.15) is 5.69 Å². The van der Waals surface area contributed by atoms with Crippen LogP contribution in [0.5, 0.6) is 0 Å². The molecule has 2 aromatic rings. The summed E-state index contributed by atoms with van der Waals surface area (Å²) < 4.78 is 13.9. The van der Waals surface area contributed by atoms with Crippen LogP contribution in [0.25, 0.3) is 5.57 Å². The predicted molar refractivity (Wildman–Crippen MR) is 96.2 cm³/mol. The van der Waals surface area contributed by atoms with Gasteiger partial charge in [-0.25, -0.2) is 9.38 Å². The Bertz CT molecular complexity index is 903. The van der Waals surface area contributed by atoms with Gasteiger partial charge in [0, 0.05) is 35.4 Å². The first-order valence-electron chi connectivity index (χ1n) is 7.40. The van der Waals surface area contributed by atoms with Gasteiger partial charge in [0.2, 0.25) is 6.41 Å². The SMILES string of the molecule is N=C1N=CC(c2ccccn2)=C/C1=C/Nc1cc(NC=O)ccc1F. The maximum atomic E-state index is 13.9. The lowest BCUT2D eigenvalue weighted by molar-refractivity contribution is -0.105. The van der Waals surface area contributed by atoms with Crippen LogP contribution in [0.4, 0.5) is 15.8 Å². The Labute approximate surface area is 143 Å². The number of anilines is 2. The average molecular weight is 335 g/mol. The summed E-state index contributed by atoms with van der Waals surface area (Å²) in [4.78, 5) is 18.8. The molecule has 1 amide bonds. The summed E-state index contributed by atoms with van der Waals surface area (Å²) in [5.74, 6) is -0.428. The largest absolute Gasteiger partial charge is 0.359 e. The van der Waals surface area contributed by atoms with E-state index in [4.69, 9.17) is 5.41 Å². The summed E-state index contributed by atoms with van der Waals surface area (Å²) >= 11 is 0. The molecule has 0 radical (unpaired) electrons. The quantitative estimate of drug-likeness (QED) is 0.733. The van der Waals surface area contributed by atoms with Gasteiger partial charge in [0.25, 0.3) is 0 Å². The Hall–Kier alpha value is -3.61. The number of hydrogen-bond donors (Lipinski definition) is 3. The molecule has 1 aliphatic heterocycles. The van der Waals surface area contributed by atoms with E-state index >= 15 is 0 Å². The number of carbonyl (C=O) groups is 1. The second kappa shape index (κ2) is 7.31. The van der Waals surface area contributed by atoms with E-state index in [2.05, 4.69) is 20.6 Å². The van der Waals surface area contributed by atoms with Gasteiger partial charge < -0.3 is 10.6 Å². The Morgan fingerprint density at radius 1 is 1.16 bits per heavy atom. The monoisotopic (exact) mass is 335 g/mol. The molecule has 1 aromatic carbocycles. The fourth-order valence-corrected chi connectivity index (χ4v) is 2.21. The van der Waals surface area contributed by atoms with Crippen LogP contribution in [0.3, 0.4) is 0 Å². The fourth-order valence-electron chi connectivity index (χ4n) is 2.21. The first kappa shape index (κ1) is 16.3. The van der Waals surface area contributed by atoms with Gasteiger partial charge in [-0.2, -0.15) is 0 Å². The van der Waals surface area contributed by atoms with Crippen molar-refractivity contribution in [2.75, 3.05) is 10.6 Å². The highest BCUT2D eigenvalue weighted by molar-refractivity contribution is 6.21. The van der Waals surface area contributed by atoms with Crippen molar-refractivity contribution in [3.8, 4) is 0 Å². The van der Waals surface area contributed by atoms with Crippen molar-refractivity contribution >= 4 is 35.4 Å². The van der Waals surface area contributed by atoms with E-state index in [-0.39, 0.29) is 11.5 Å². The highest BCUT2D eigenvalue weighted by Gasteiger charge is 2.11. The van der Waals surface area contributed by atoms with Crippen LogP contribution < -0.4 is 10.6 Å². The summed E-state index contributed by atoms with van der Waals surface area (Å²) in [7, 11) is 0. The molecule has 0 spiro atoms. The lowest BCUT2D eigenvalue weighted by Gasteiger charge is -2.11. The number of nitrogens with one attached hydrogen (secondary N) is 3. The molecule has 25 heavy (non-hydrogen) atoms. The summed E-state index contributed by atoms with van der Waals surface area (Å²) in [6.45, 7) is 0. The number of nitrogens with zero attached hydrogens (tertiary/aromatic N) is 2. The van der Waals surface area contributed by atoms with E-state index in [1.807, 2.05) is 18.2 Å². The summed E-state index contributed by atoms with van der Waals surface area (Å²) in [6, 6.07) is 9.67. The van der Waals surface area contributed by atoms with Crippen molar-refractivity contribution in [2.45, 2.75) is 0 Å². The van der Waals surface area contributed by atoms with Gasteiger partial charge in [-0.15, -0.1) is 0 Å². The third kappa shape index (κ3) is 3.84. The zero-order chi connectivity index (χ0) is 17.6. The maximum absolute atomic E-state index is 13.9. The smallest absolute Gasteiger partial charge is 0.211 e. The fraction of sp³-hybridized carbons (Fsp3) is 0. The molecular formula is C18H14FN5O. The summed E-state index contributed by atoms with van der Waals surface area (Å²) in [5.41, 5.74) is 2.60. The number of carbonyl (C=O) groups excluding carboxylic acids is 1. The second-order valence-electron chi connectivity index (χ2n) is 5.12. The number of benzene rings is 1. The Morgan fingerprint density at radius 3 is 2.80 bits per heavy atom. The minimum Gasteiger partial charge on any atom is -0.359 e. The highest BCUT2D eigenvalue weighted by Crippen LogP contribution is 2.21. The number of aliphatic imine (C=N–C) groups is 1. The number of pyridine rings is 1. The molecule has 0 fully saturated rings. The number of allylic oxidation sites excluding steroid dienone is 1. The zero-order valence-electron chi connectivity index (χ0n) is 13.0. The van der Waals surface area contributed by atoms with Crippen molar-refractivity contribution in [3.63, 3.8) is 0 Å². The normalized spacial score (nSPS) is 15.0. The number of halogens is 1. The Morgan fingerprint density at radius 2 is 2.04 bits per heavy atom. The van der Waals surface area contributed by atoms with E-state index in [9.17, 15) is 9.18 Å². The third-order valence-corrected chi connectivity index (χ3v) is 3.45. The zero-order valence-corrected chi connectivity index (χ0v) is 13.0. The predicted octanol–water partition coefficient (Wildman–Crippen LogP) is 3.23. The van der Waals surface area contributed by atoms with Crippen molar-refractivity contribution < 1.29 is 9.18 Å². The summed E-state index contributed by atoms with van der Waals surface area (Å²) in [5, 5.41) is 13.2. The van der Waals surface area contributed by atoms with Gasteiger partial charge in [-0.1, -0.05) is 6.07 Å². The first-order chi connectivity index (χ1) is 12.2. The van der Waals surface area contributed by atoms with Gasteiger partial charge in [0.15, 0.2) is 5.84 Å². The van der Waals surface area contributed by atoms with E-state index < -0.39 is 5.82 Å². The number of aromatic nitrogens is 1. The lowest BCUT2D eigenvalue weighted by Crippen LogP contribution is -2.07. The Kier molecular flexibility index (Phi) is 4.75. The van der Waals surface area contributed by atoms with Gasteiger partial charge in [0.1, 0.15) is 5.82 Å². The van der Waals surface area contributed by atoms with E-state index in [0.29, 0.717) is 17.7 Å². The van der Waals surface area contributed by atoms with Gasteiger partial charge in [-0.05, 0) is 36.4 Å². The molecule has 1 aromatic heterocycles. The molecule has 124 valence electrons. The minimum atomic E-state index is -0.479. The number of amides is 1. The Balaban J connectivity index is 1.86. The van der Waals surface area contributed by atoms with Crippen LogP contribution >= 0.6 is 0 Å². The topological polar surface area (TPSA) is 90.2 Å². The van der Waals surface area contributed by atoms with Crippen LogP contribution in [0.2, 0.25) is 0 Å².